The number of nitrogen functional groups attached to an aromatic ring is 1. The Hall–Kier alpha value is -1.93. The normalized spacial score (nSPS) is 28.0. The Labute approximate surface area is 122 Å². The predicted octanol–water partition coefficient (Wildman–Crippen LogP) is -2.38. The van der Waals surface area contributed by atoms with Crippen LogP contribution in [0.2, 0.25) is 0 Å². The average Bonchev–Trinajstić information content (AvgIpc) is 3.02. The van der Waals surface area contributed by atoms with Gasteiger partial charge in [-0.05, 0) is 0 Å². The fraction of sp³-hybridized carbons (Fsp3) is 0.500. The summed E-state index contributed by atoms with van der Waals surface area (Å²) in [6, 6.07) is 0. The van der Waals surface area contributed by atoms with E-state index in [1.807, 2.05) is 0 Å². The lowest BCUT2D eigenvalue weighted by Crippen LogP contribution is -2.33. The molecular formula is C10H15N5O7. The largest absolute Gasteiger partial charge is 0.412 e. The number of ether oxygens (including phenoxy) is 1. The van der Waals surface area contributed by atoms with E-state index in [4.69, 9.17) is 15.7 Å². The monoisotopic (exact) mass is 317 g/mol. The van der Waals surface area contributed by atoms with Crippen LogP contribution in [0.5, 0.6) is 0 Å². The molecule has 122 valence electrons. The van der Waals surface area contributed by atoms with Crippen molar-refractivity contribution in [2.75, 3.05) is 12.3 Å². The van der Waals surface area contributed by atoms with Gasteiger partial charge in [0.15, 0.2) is 17.7 Å². The quantitative estimate of drug-likeness (QED) is 0.350. The highest BCUT2D eigenvalue weighted by Crippen LogP contribution is 2.31. The third-order valence-electron chi connectivity index (χ3n) is 3.28. The highest BCUT2D eigenvalue weighted by atomic mass is 17.5. The van der Waals surface area contributed by atoms with Crippen molar-refractivity contribution in [1.29, 1.82) is 0 Å². The summed E-state index contributed by atoms with van der Waals surface area (Å²) in [6.45, 7) is -0.269. The van der Waals surface area contributed by atoms with Crippen molar-refractivity contribution in [3.05, 3.63) is 12.7 Å². The number of imidazole rings is 1. The molecule has 0 amide bonds. The van der Waals surface area contributed by atoms with Crippen LogP contribution >= 0.6 is 0 Å². The zero-order valence-electron chi connectivity index (χ0n) is 11.1. The smallest absolute Gasteiger partial charge is 0.167 e. The van der Waals surface area contributed by atoms with Gasteiger partial charge in [0.1, 0.15) is 36.8 Å². The second kappa shape index (κ2) is 6.45. The van der Waals surface area contributed by atoms with Gasteiger partial charge in [0, 0.05) is 0 Å². The SMILES string of the molecule is Nc1ncnc2c1ncn2[C@@H]1O[C@H](COOO)[C@@H](O)[C@H]1O.O. The lowest BCUT2D eigenvalue weighted by Gasteiger charge is -2.16. The molecule has 1 aliphatic heterocycles. The molecule has 4 atom stereocenters. The maximum atomic E-state index is 10.1. The lowest BCUT2D eigenvalue weighted by molar-refractivity contribution is -0.495. The molecule has 0 unspecified atom stereocenters. The minimum atomic E-state index is -1.24. The fourth-order valence-corrected chi connectivity index (χ4v) is 2.25. The van der Waals surface area contributed by atoms with Crippen molar-refractivity contribution in [2.45, 2.75) is 24.5 Å². The summed E-state index contributed by atoms with van der Waals surface area (Å²) in [5.41, 5.74) is 6.40. The lowest BCUT2D eigenvalue weighted by atomic mass is 10.1. The molecule has 0 aromatic carbocycles. The number of nitrogens with zero attached hydrogens (tertiary/aromatic N) is 4. The molecule has 22 heavy (non-hydrogen) atoms. The molecule has 1 fully saturated rings. The van der Waals surface area contributed by atoms with Crippen molar-refractivity contribution in [3.63, 3.8) is 0 Å². The Morgan fingerprint density at radius 3 is 2.77 bits per heavy atom. The van der Waals surface area contributed by atoms with Gasteiger partial charge in [0.05, 0.1) is 6.33 Å². The minimum absolute atomic E-state index is 0. The molecule has 3 rings (SSSR count). The Bertz CT molecular complexity index is 637. The first-order valence-corrected chi connectivity index (χ1v) is 6.01. The van der Waals surface area contributed by atoms with Crippen LogP contribution in [0.4, 0.5) is 5.82 Å². The first kappa shape index (κ1) is 16.4. The van der Waals surface area contributed by atoms with E-state index < -0.39 is 24.5 Å². The van der Waals surface area contributed by atoms with Gasteiger partial charge in [-0.15, -0.1) is 0 Å². The third-order valence-corrected chi connectivity index (χ3v) is 3.28. The van der Waals surface area contributed by atoms with Gasteiger partial charge < -0.3 is 26.2 Å². The van der Waals surface area contributed by atoms with Crippen LogP contribution < -0.4 is 5.73 Å². The van der Waals surface area contributed by atoms with Gasteiger partial charge in [-0.1, -0.05) is 5.04 Å². The van der Waals surface area contributed by atoms with Gasteiger partial charge in [-0.25, -0.2) is 25.1 Å². The number of hydrogen-bond acceptors (Lipinski definition) is 10. The molecule has 12 heteroatoms. The number of aromatic nitrogens is 4. The van der Waals surface area contributed by atoms with Crippen LogP contribution in [0, 0.1) is 0 Å². The molecule has 12 nitrogen and oxygen atoms in total. The summed E-state index contributed by atoms with van der Waals surface area (Å²) < 4.78 is 6.92. The molecule has 0 radical (unpaired) electrons. The molecule has 0 spiro atoms. The van der Waals surface area contributed by atoms with Crippen molar-refractivity contribution < 1.29 is 35.6 Å². The number of aliphatic hydroxyl groups is 2. The number of hydrogen-bond donors (Lipinski definition) is 4. The molecule has 1 aliphatic rings. The Morgan fingerprint density at radius 1 is 1.27 bits per heavy atom. The summed E-state index contributed by atoms with van der Waals surface area (Å²) in [6.07, 6.45) is -1.68. The average molecular weight is 317 g/mol. The molecule has 0 aliphatic carbocycles. The number of fused-ring (bicyclic) bond motifs is 1. The summed E-state index contributed by atoms with van der Waals surface area (Å²) in [5, 5.41) is 31.6. The van der Waals surface area contributed by atoms with Gasteiger partial charge >= 0.3 is 0 Å². The van der Waals surface area contributed by atoms with Crippen LogP contribution in [0.3, 0.4) is 0 Å². The Kier molecular flexibility index (Phi) is 4.82. The number of nitrogens with two attached hydrogens (primary N) is 1. The van der Waals surface area contributed by atoms with Crippen LogP contribution in [-0.2, 0) is 14.7 Å². The van der Waals surface area contributed by atoms with Gasteiger partial charge in [0.2, 0.25) is 0 Å². The number of aliphatic hydroxyl groups excluding tert-OH is 2. The van der Waals surface area contributed by atoms with Gasteiger partial charge in [0.25, 0.3) is 0 Å². The van der Waals surface area contributed by atoms with E-state index in [9.17, 15) is 10.2 Å². The summed E-state index contributed by atoms with van der Waals surface area (Å²) in [7, 11) is 0. The predicted molar refractivity (Wildman–Crippen MR) is 68.9 cm³/mol. The number of anilines is 1. The van der Waals surface area contributed by atoms with E-state index in [0.717, 1.165) is 0 Å². The Morgan fingerprint density at radius 2 is 2.05 bits per heavy atom. The first-order valence-electron chi connectivity index (χ1n) is 6.01. The molecular weight excluding hydrogens is 302 g/mol. The van der Waals surface area contributed by atoms with Crippen molar-refractivity contribution in [1.82, 2.24) is 19.5 Å². The van der Waals surface area contributed by atoms with Gasteiger partial charge in [-0.2, -0.15) is 0 Å². The van der Waals surface area contributed by atoms with E-state index in [0.29, 0.717) is 11.2 Å². The van der Waals surface area contributed by atoms with E-state index in [1.165, 1.54) is 17.2 Å². The van der Waals surface area contributed by atoms with E-state index >= 15 is 0 Å². The zero-order chi connectivity index (χ0) is 15.0. The number of rotatable bonds is 4. The second-order valence-corrected chi connectivity index (χ2v) is 4.49. The standard InChI is InChI=1S/C10H13N5O6.H2O/c11-8-5-9(13-2-12-8)15(3-14-5)10-7(17)6(16)4(20-10)1-19-21-18;/h2-4,6-7,10,16-18H,1H2,(H2,11,12,13);1H2/t4-,6-,7-,10-;/m1./s1. The zero-order valence-corrected chi connectivity index (χ0v) is 11.1. The molecule has 1 saturated heterocycles. The van der Waals surface area contributed by atoms with E-state index in [2.05, 4.69) is 24.9 Å². The summed E-state index contributed by atoms with van der Waals surface area (Å²) in [5.74, 6) is 0.195. The molecule has 7 N–H and O–H groups in total. The van der Waals surface area contributed by atoms with Crippen LogP contribution in [0.25, 0.3) is 11.2 Å². The van der Waals surface area contributed by atoms with Crippen LogP contribution in [-0.4, -0.2) is 65.4 Å². The molecule has 0 saturated carbocycles. The highest BCUT2D eigenvalue weighted by Gasteiger charge is 2.44. The summed E-state index contributed by atoms with van der Waals surface area (Å²) >= 11 is 0. The molecule has 0 bridgehead atoms. The topological polar surface area (TPSA) is 190 Å². The fourth-order valence-electron chi connectivity index (χ4n) is 2.25. The molecule has 3 heterocycles. The van der Waals surface area contributed by atoms with Crippen LogP contribution in [0.15, 0.2) is 12.7 Å². The van der Waals surface area contributed by atoms with Crippen molar-refractivity contribution >= 4 is 17.0 Å². The van der Waals surface area contributed by atoms with E-state index in [-0.39, 0.29) is 17.9 Å². The summed E-state index contributed by atoms with van der Waals surface area (Å²) in [4.78, 5) is 16.2. The molecule has 2 aromatic rings. The van der Waals surface area contributed by atoms with Crippen molar-refractivity contribution in [3.8, 4) is 0 Å². The Balaban J connectivity index is 0.00000176. The first-order chi connectivity index (χ1) is 10.1. The maximum absolute atomic E-state index is 10.1. The highest BCUT2D eigenvalue weighted by molar-refractivity contribution is 5.81. The maximum Gasteiger partial charge on any atom is 0.167 e. The second-order valence-electron chi connectivity index (χ2n) is 4.49. The minimum Gasteiger partial charge on any atom is -0.412 e. The third kappa shape index (κ3) is 2.59. The van der Waals surface area contributed by atoms with E-state index in [1.54, 1.807) is 0 Å². The molecule has 2 aromatic heterocycles. The van der Waals surface area contributed by atoms with Crippen molar-refractivity contribution in [2.24, 2.45) is 0 Å². The van der Waals surface area contributed by atoms with Crippen LogP contribution in [0.1, 0.15) is 6.23 Å². The van der Waals surface area contributed by atoms with Gasteiger partial charge in [-0.3, -0.25) is 4.57 Å².